The molecular formula is C37H40N2O7S. The van der Waals surface area contributed by atoms with Crippen LogP contribution in [0, 0.1) is 5.21 Å². The van der Waals surface area contributed by atoms with Crippen molar-refractivity contribution in [3.8, 4) is 11.1 Å². The van der Waals surface area contributed by atoms with E-state index < -0.39 is 12.3 Å². The van der Waals surface area contributed by atoms with E-state index in [-0.39, 0.29) is 31.1 Å². The Bertz CT molecular complexity index is 1630. The van der Waals surface area contributed by atoms with Gasteiger partial charge in [0.25, 0.3) is 5.03 Å². The molecule has 1 amide bonds. The number of carboxylic acids is 1. The number of nitrogens with zero attached hydrogens (tertiary/aromatic N) is 1. The summed E-state index contributed by atoms with van der Waals surface area (Å²) < 4.78 is 13.9. The summed E-state index contributed by atoms with van der Waals surface area (Å²) in [6, 6.07) is 29.2. The molecule has 0 bridgehead atoms. The van der Waals surface area contributed by atoms with Gasteiger partial charge in [-0.25, -0.2) is 0 Å². The van der Waals surface area contributed by atoms with Crippen LogP contribution in [0.4, 0.5) is 0 Å². The van der Waals surface area contributed by atoms with Crippen molar-refractivity contribution in [3.63, 3.8) is 0 Å². The average Bonchev–Trinajstić information content (AvgIpc) is 3.10. The van der Waals surface area contributed by atoms with Gasteiger partial charge in [-0.1, -0.05) is 78.8 Å². The monoisotopic (exact) mass is 656 g/mol. The van der Waals surface area contributed by atoms with E-state index in [4.69, 9.17) is 14.6 Å². The predicted octanol–water partition coefficient (Wildman–Crippen LogP) is 6.47. The Labute approximate surface area is 279 Å². The highest BCUT2D eigenvalue weighted by molar-refractivity contribution is 7.99. The van der Waals surface area contributed by atoms with Crippen LogP contribution in [-0.4, -0.2) is 33.9 Å². The van der Waals surface area contributed by atoms with Gasteiger partial charge in [0.2, 0.25) is 5.91 Å². The highest BCUT2D eigenvalue weighted by Crippen LogP contribution is 2.40. The van der Waals surface area contributed by atoms with Crippen molar-refractivity contribution in [1.82, 2.24) is 5.32 Å². The van der Waals surface area contributed by atoms with Gasteiger partial charge in [-0.3, -0.25) is 9.59 Å². The van der Waals surface area contributed by atoms with Gasteiger partial charge in [-0.05, 0) is 58.9 Å². The lowest BCUT2D eigenvalue weighted by molar-refractivity contribution is -0.645. The molecule has 5 rings (SSSR count). The number of nitrogens with one attached hydrogen (secondary N) is 1. The van der Waals surface area contributed by atoms with Gasteiger partial charge in [0.15, 0.2) is 12.5 Å². The summed E-state index contributed by atoms with van der Waals surface area (Å²) in [5.41, 5.74) is 5.65. The molecule has 1 aliphatic heterocycles. The first kappa shape index (κ1) is 34.1. The maximum Gasteiger partial charge on any atom is 0.303 e. The molecular weight excluding hydrogens is 616 g/mol. The number of hydrogen-bond acceptors (Lipinski definition) is 7. The van der Waals surface area contributed by atoms with Crippen LogP contribution >= 0.6 is 11.8 Å². The molecule has 1 saturated heterocycles. The maximum atomic E-state index is 12.3. The first-order chi connectivity index (χ1) is 22.9. The van der Waals surface area contributed by atoms with Crippen LogP contribution in [-0.2, 0) is 32.2 Å². The number of aliphatic hydroxyl groups is 1. The summed E-state index contributed by atoms with van der Waals surface area (Å²) in [7, 11) is 0. The molecule has 3 N–H and O–H groups in total. The zero-order chi connectivity index (χ0) is 33.0. The topological polar surface area (TPSA) is 132 Å². The number of unbranched alkanes of at least 4 members (excludes halogenated alkanes) is 2. The van der Waals surface area contributed by atoms with E-state index in [0.29, 0.717) is 49.4 Å². The first-order valence-electron chi connectivity index (χ1n) is 15.9. The maximum absolute atomic E-state index is 12.3. The molecule has 2 heterocycles. The second kappa shape index (κ2) is 17.1. The SMILES string of the molecule is O=C(O)CCCCCC(=O)NCc1cccc(-c2cccc(C3OC(CSc4cccc[n+]4[O-])CC(c4ccc(CO)cc4)O3)c2)c1. The minimum Gasteiger partial charge on any atom is -0.618 e. The molecule has 3 aromatic carbocycles. The number of hydrogen-bond donors (Lipinski definition) is 3. The van der Waals surface area contributed by atoms with E-state index in [2.05, 4.69) is 17.4 Å². The van der Waals surface area contributed by atoms with Crippen molar-refractivity contribution in [2.24, 2.45) is 0 Å². The highest BCUT2D eigenvalue weighted by atomic mass is 32.2. The molecule has 3 atom stereocenters. The normalized spacial score (nSPS) is 17.7. The van der Waals surface area contributed by atoms with Crippen LogP contribution in [0.3, 0.4) is 0 Å². The summed E-state index contributed by atoms with van der Waals surface area (Å²) >= 11 is 1.46. The van der Waals surface area contributed by atoms with Gasteiger partial charge in [0.05, 0.1) is 18.8 Å². The number of thioether (sulfide) groups is 1. The molecule has 0 saturated carbocycles. The second-order valence-corrected chi connectivity index (χ2v) is 12.6. The fraction of sp³-hybridized carbons (Fsp3) is 0.324. The summed E-state index contributed by atoms with van der Waals surface area (Å²) in [4.78, 5) is 23.0. The van der Waals surface area contributed by atoms with Gasteiger partial charge >= 0.3 is 5.97 Å². The number of carbonyl (C=O) groups excluding carboxylic acids is 1. The number of amides is 1. The van der Waals surface area contributed by atoms with Crippen molar-refractivity contribution >= 4 is 23.6 Å². The zero-order valence-electron chi connectivity index (χ0n) is 26.1. The Morgan fingerprint density at radius 3 is 2.38 bits per heavy atom. The van der Waals surface area contributed by atoms with Crippen molar-refractivity contribution in [2.75, 3.05) is 5.75 Å². The van der Waals surface area contributed by atoms with Crippen LogP contribution in [0.1, 0.15) is 73.2 Å². The number of aromatic nitrogens is 1. The molecule has 3 unspecified atom stereocenters. The van der Waals surface area contributed by atoms with Gasteiger partial charge in [-0.15, -0.1) is 0 Å². The standard InChI is InChI=1S/C37H40N2O7S/c40-24-26-15-17-28(18-16-26)33-22-32(25-47-35-13-4-5-19-39(35)44)45-37(46-33)31-11-7-10-30(21-31)29-9-6-8-27(20-29)23-38-34(41)12-2-1-3-14-36(42)43/h4-11,13,15-21,32-33,37,40H,1-3,12,14,22-25H2,(H,38,41)(H,42,43). The van der Waals surface area contributed by atoms with Crippen LogP contribution in [0.2, 0.25) is 0 Å². The Morgan fingerprint density at radius 1 is 0.851 bits per heavy atom. The molecule has 10 heteroatoms. The molecule has 4 aromatic rings. The second-order valence-electron chi connectivity index (χ2n) is 11.6. The third-order valence-corrected chi connectivity index (χ3v) is 9.17. The number of carbonyl (C=O) groups is 2. The summed E-state index contributed by atoms with van der Waals surface area (Å²) in [5, 5.41) is 34.1. The molecule has 0 aliphatic carbocycles. The third-order valence-electron chi connectivity index (χ3n) is 8.02. The molecule has 1 aromatic heterocycles. The van der Waals surface area contributed by atoms with E-state index >= 15 is 0 Å². The van der Waals surface area contributed by atoms with E-state index in [0.717, 1.165) is 38.1 Å². The van der Waals surface area contributed by atoms with Gasteiger partial charge < -0.3 is 30.2 Å². The largest absolute Gasteiger partial charge is 0.618 e. The summed E-state index contributed by atoms with van der Waals surface area (Å²) in [6.07, 6.45) is 3.50. The fourth-order valence-electron chi connectivity index (χ4n) is 5.48. The minimum absolute atomic E-state index is 0.0282. The molecule has 47 heavy (non-hydrogen) atoms. The molecule has 246 valence electrons. The quantitative estimate of drug-likeness (QED) is 0.0575. The molecule has 1 aliphatic rings. The number of aliphatic carboxylic acids is 1. The fourth-order valence-corrected chi connectivity index (χ4v) is 6.41. The van der Waals surface area contributed by atoms with Crippen LogP contribution < -0.4 is 10.0 Å². The number of benzene rings is 3. The van der Waals surface area contributed by atoms with Gasteiger partial charge in [0.1, 0.15) is 0 Å². The smallest absolute Gasteiger partial charge is 0.303 e. The number of rotatable bonds is 15. The van der Waals surface area contributed by atoms with Crippen molar-refractivity contribution in [3.05, 3.63) is 125 Å². The molecule has 0 spiro atoms. The lowest BCUT2D eigenvalue weighted by atomic mass is 9.99. The van der Waals surface area contributed by atoms with Crippen LogP contribution in [0.5, 0.6) is 0 Å². The van der Waals surface area contributed by atoms with E-state index in [1.54, 1.807) is 12.1 Å². The zero-order valence-corrected chi connectivity index (χ0v) is 26.9. The lowest BCUT2D eigenvalue weighted by Crippen LogP contribution is -2.32. The Kier molecular flexibility index (Phi) is 12.4. The molecule has 1 fully saturated rings. The molecule has 0 radical (unpaired) electrons. The first-order valence-corrected chi connectivity index (χ1v) is 16.9. The highest BCUT2D eigenvalue weighted by Gasteiger charge is 2.33. The van der Waals surface area contributed by atoms with Crippen LogP contribution in [0.25, 0.3) is 11.1 Å². The van der Waals surface area contributed by atoms with E-state index in [1.165, 1.54) is 18.0 Å². The summed E-state index contributed by atoms with van der Waals surface area (Å²) in [6.45, 7) is 0.372. The van der Waals surface area contributed by atoms with Gasteiger partial charge in [-0.2, -0.15) is 4.73 Å². The van der Waals surface area contributed by atoms with Crippen molar-refractivity contribution in [2.45, 2.75) is 75.2 Å². The van der Waals surface area contributed by atoms with Crippen molar-refractivity contribution in [1.29, 1.82) is 0 Å². The number of ether oxygens (including phenoxy) is 2. The number of aliphatic hydroxyl groups excluding tert-OH is 1. The molecule has 9 nitrogen and oxygen atoms in total. The van der Waals surface area contributed by atoms with E-state index in [9.17, 15) is 19.9 Å². The Balaban J connectivity index is 1.27. The van der Waals surface area contributed by atoms with Crippen molar-refractivity contribution < 1.29 is 34.0 Å². The van der Waals surface area contributed by atoms with Gasteiger partial charge in [0, 0.05) is 49.3 Å². The number of pyridine rings is 1. The number of carboxylic acid groups (broad SMARTS) is 1. The lowest BCUT2D eigenvalue weighted by Gasteiger charge is -2.36. The average molecular weight is 657 g/mol. The van der Waals surface area contributed by atoms with E-state index in [1.807, 2.05) is 66.7 Å². The van der Waals surface area contributed by atoms with Crippen LogP contribution in [0.15, 0.2) is 102 Å². The Morgan fingerprint density at radius 2 is 1.62 bits per heavy atom. The summed E-state index contributed by atoms with van der Waals surface area (Å²) in [5.74, 6) is -0.285. The predicted molar refractivity (Wildman–Crippen MR) is 179 cm³/mol. The minimum atomic E-state index is -0.811. The third kappa shape index (κ3) is 10.1. The Hall–Kier alpha value is -4.22.